The fourth-order valence-corrected chi connectivity index (χ4v) is 4.03. The number of hydrogen-bond acceptors (Lipinski definition) is 3. The van der Waals surface area contributed by atoms with Crippen LogP contribution < -0.4 is 5.32 Å². The molecule has 1 aliphatic carbocycles. The summed E-state index contributed by atoms with van der Waals surface area (Å²) in [7, 11) is 0. The SMILES string of the molecule is O=C(Cn1c2ccccc2c2nc3ccccc3nc21)NC1CCCC1. The molecule has 1 aliphatic rings. The maximum absolute atomic E-state index is 12.6. The first-order valence-corrected chi connectivity index (χ1v) is 9.23. The lowest BCUT2D eigenvalue weighted by Gasteiger charge is -2.13. The largest absolute Gasteiger partial charge is 0.352 e. The van der Waals surface area contributed by atoms with E-state index in [-0.39, 0.29) is 12.5 Å². The van der Waals surface area contributed by atoms with Gasteiger partial charge in [0.25, 0.3) is 0 Å². The van der Waals surface area contributed by atoms with Gasteiger partial charge in [0.05, 0.1) is 16.6 Å². The van der Waals surface area contributed by atoms with E-state index in [2.05, 4.69) is 5.32 Å². The van der Waals surface area contributed by atoms with Gasteiger partial charge in [-0.05, 0) is 31.0 Å². The molecule has 0 atom stereocenters. The molecule has 0 saturated heterocycles. The van der Waals surface area contributed by atoms with Crippen molar-refractivity contribution in [3.8, 4) is 0 Å². The van der Waals surface area contributed by atoms with E-state index in [0.717, 1.165) is 45.9 Å². The monoisotopic (exact) mass is 344 g/mol. The second-order valence-electron chi connectivity index (χ2n) is 7.04. The lowest BCUT2D eigenvalue weighted by molar-refractivity contribution is -0.122. The number of para-hydroxylation sites is 3. The van der Waals surface area contributed by atoms with Gasteiger partial charge in [-0.3, -0.25) is 4.79 Å². The summed E-state index contributed by atoms with van der Waals surface area (Å²) in [6.07, 6.45) is 4.59. The lowest BCUT2D eigenvalue weighted by atomic mass is 10.2. The van der Waals surface area contributed by atoms with Gasteiger partial charge in [-0.2, -0.15) is 0 Å². The van der Waals surface area contributed by atoms with Crippen LogP contribution in [-0.2, 0) is 11.3 Å². The number of carbonyl (C=O) groups excluding carboxylic acids is 1. The van der Waals surface area contributed by atoms with E-state index in [0.29, 0.717) is 6.04 Å². The van der Waals surface area contributed by atoms with Crippen LogP contribution in [0.5, 0.6) is 0 Å². The quantitative estimate of drug-likeness (QED) is 0.615. The summed E-state index contributed by atoms with van der Waals surface area (Å²) in [5, 5.41) is 4.21. The van der Waals surface area contributed by atoms with Crippen LogP contribution in [-0.4, -0.2) is 26.5 Å². The van der Waals surface area contributed by atoms with Crippen molar-refractivity contribution in [2.75, 3.05) is 0 Å². The van der Waals surface area contributed by atoms with Crippen LogP contribution in [0.2, 0.25) is 0 Å². The molecule has 5 nitrogen and oxygen atoms in total. The van der Waals surface area contributed by atoms with E-state index in [1.807, 2.05) is 53.1 Å². The van der Waals surface area contributed by atoms with Crippen molar-refractivity contribution in [2.24, 2.45) is 0 Å². The Kier molecular flexibility index (Phi) is 3.59. The number of fused-ring (bicyclic) bond motifs is 4. The third-order valence-electron chi connectivity index (χ3n) is 5.28. The Morgan fingerprint density at radius 1 is 1.00 bits per heavy atom. The van der Waals surface area contributed by atoms with Gasteiger partial charge in [0.15, 0.2) is 5.65 Å². The number of carbonyl (C=O) groups is 1. The first-order chi connectivity index (χ1) is 12.8. The predicted octanol–water partition coefficient (Wildman–Crippen LogP) is 3.80. The number of benzene rings is 2. The number of nitrogens with zero attached hydrogens (tertiary/aromatic N) is 3. The standard InChI is InChI=1S/C21H20N4O/c26-19(22-14-7-1-2-8-14)13-25-18-12-6-3-9-15(18)20-21(25)24-17-11-5-4-10-16(17)23-20/h3-6,9-12,14H,1-2,7-8,13H2,(H,22,26). The van der Waals surface area contributed by atoms with Gasteiger partial charge < -0.3 is 9.88 Å². The minimum atomic E-state index is 0.0505. The smallest absolute Gasteiger partial charge is 0.240 e. The maximum atomic E-state index is 12.6. The highest BCUT2D eigenvalue weighted by molar-refractivity contribution is 6.07. The zero-order valence-electron chi connectivity index (χ0n) is 14.5. The fraction of sp³-hybridized carbons (Fsp3) is 0.286. The summed E-state index contributed by atoms with van der Waals surface area (Å²) in [5.74, 6) is 0.0505. The van der Waals surface area contributed by atoms with E-state index in [1.165, 1.54) is 12.8 Å². The third-order valence-corrected chi connectivity index (χ3v) is 5.28. The van der Waals surface area contributed by atoms with Crippen LogP contribution >= 0.6 is 0 Å². The molecule has 0 spiro atoms. The van der Waals surface area contributed by atoms with E-state index in [4.69, 9.17) is 9.97 Å². The Morgan fingerprint density at radius 2 is 1.69 bits per heavy atom. The minimum absolute atomic E-state index is 0.0505. The van der Waals surface area contributed by atoms with Crippen LogP contribution in [0.4, 0.5) is 0 Å². The van der Waals surface area contributed by atoms with Crippen molar-refractivity contribution in [1.29, 1.82) is 0 Å². The minimum Gasteiger partial charge on any atom is -0.352 e. The van der Waals surface area contributed by atoms with Gasteiger partial charge in [-0.15, -0.1) is 0 Å². The molecule has 2 aromatic heterocycles. The molecule has 5 rings (SSSR count). The number of rotatable bonds is 3. The summed E-state index contributed by atoms with van der Waals surface area (Å²) in [5.41, 5.74) is 4.34. The molecular weight excluding hydrogens is 324 g/mol. The molecule has 1 amide bonds. The lowest BCUT2D eigenvalue weighted by Crippen LogP contribution is -2.35. The molecule has 0 unspecified atom stereocenters. The van der Waals surface area contributed by atoms with E-state index in [9.17, 15) is 4.79 Å². The molecule has 4 aromatic rings. The van der Waals surface area contributed by atoms with Crippen molar-refractivity contribution in [3.63, 3.8) is 0 Å². The van der Waals surface area contributed by atoms with Crippen molar-refractivity contribution in [1.82, 2.24) is 19.9 Å². The van der Waals surface area contributed by atoms with Crippen LogP contribution in [0.3, 0.4) is 0 Å². The summed E-state index contributed by atoms with van der Waals surface area (Å²) in [6, 6.07) is 16.3. The summed E-state index contributed by atoms with van der Waals surface area (Å²) in [4.78, 5) is 22.3. The molecular formula is C21H20N4O. The topological polar surface area (TPSA) is 59.8 Å². The van der Waals surface area contributed by atoms with E-state index >= 15 is 0 Å². The highest BCUT2D eigenvalue weighted by Crippen LogP contribution is 2.28. The average molecular weight is 344 g/mol. The summed E-state index contributed by atoms with van der Waals surface area (Å²) in [6.45, 7) is 0.271. The Morgan fingerprint density at radius 3 is 2.50 bits per heavy atom. The molecule has 1 fully saturated rings. The zero-order chi connectivity index (χ0) is 17.5. The molecule has 2 heterocycles. The van der Waals surface area contributed by atoms with Crippen molar-refractivity contribution in [2.45, 2.75) is 38.3 Å². The number of aromatic nitrogens is 3. The number of hydrogen-bond donors (Lipinski definition) is 1. The maximum Gasteiger partial charge on any atom is 0.240 e. The average Bonchev–Trinajstić information content (AvgIpc) is 3.27. The molecule has 0 aliphatic heterocycles. The second kappa shape index (κ2) is 6.09. The molecule has 2 aromatic carbocycles. The molecule has 130 valence electrons. The Labute approximate surface area is 151 Å². The molecule has 0 radical (unpaired) electrons. The van der Waals surface area contributed by atoms with Gasteiger partial charge >= 0.3 is 0 Å². The predicted molar refractivity (Wildman–Crippen MR) is 103 cm³/mol. The first-order valence-electron chi connectivity index (χ1n) is 9.23. The molecule has 0 bridgehead atoms. The highest BCUT2D eigenvalue weighted by atomic mass is 16.2. The zero-order valence-corrected chi connectivity index (χ0v) is 14.5. The van der Waals surface area contributed by atoms with Crippen molar-refractivity contribution >= 4 is 39.0 Å². The van der Waals surface area contributed by atoms with Crippen LogP contribution in [0.15, 0.2) is 48.5 Å². The van der Waals surface area contributed by atoms with Gasteiger partial charge in [0.2, 0.25) is 5.91 Å². The Bertz CT molecular complexity index is 1120. The van der Waals surface area contributed by atoms with Crippen LogP contribution in [0, 0.1) is 0 Å². The van der Waals surface area contributed by atoms with Crippen LogP contribution in [0.1, 0.15) is 25.7 Å². The summed E-state index contributed by atoms with van der Waals surface area (Å²) >= 11 is 0. The highest BCUT2D eigenvalue weighted by Gasteiger charge is 2.20. The molecule has 5 heteroatoms. The normalized spacial score (nSPS) is 15.2. The third kappa shape index (κ3) is 2.51. The second-order valence-corrected chi connectivity index (χ2v) is 7.04. The molecule has 1 saturated carbocycles. The Balaban J connectivity index is 1.64. The fourth-order valence-electron chi connectivity index (χ4n) is 4.03. The summed E-state index contributed by atoms with van der Waals surface area (Å²) < 4.78 is 1.99. The van der Waals surface area contributed by atoms with Gasteiger partial charge in [0, 0.05) is 11.4 Å². The number of amides is 1. The number of nitrogens with one attached hydrogen (secondary N) is 1. The van der Waals surface area contributed by atoms with Crippen LogP contribution in [0.25, 0.3) is 33.1 Å². The Hall–Kier alpha value is -2.95. The van der Waals surface area contributed by atoms with Gasteiger partial charge in [-0.1, -0.05) is 43.2 Å². The van der Waals surface area contributed by atoms with Crippen molar-refractivity contribution in [3.05, 3.63) is 48.5 Å². The van der Waals surface area contributed by atoms with Gasteiger partial charge in [-0.25, -0.2) is 9.97 Å². The van der Waals surface area contributed by atoms with E-state index < -0.39 is 0 Å². The van der Waals surface area contributed by atoms with E-state index in [1.54, 1.807) is 0 Å². The van der Waals surface area contributed by atoms with Gasteiger partial charge in [0.1, 0.15) is 12.1 Å². The molecule has 1 N–H and O–H groups in total. The first kappa shape index (κ1) is 15.3. The molecule has 26 heavy (non-hydrogen) atoms. The van der Waals surface area contributed by atoms with Crippen molar-refractivity contribution < 1.29 is 4.79 Å².